The smallest absolute Gasteiger partial charge is 0.259 e. The van der Waals surface area contributed by atoms with Gasteiger partial charge in [-0.25, -0.2) is 9.89 Å². The second-order valence-electron chi connectivity index (χ2n) is 10.6. The number of nitrogens with one attached hydrogen (secondary N) is 1. The lowest BCUT2D eigenvalue weighted by Gasteiger charge is -2.36. The number of fused-ring (bicyclic) bond motifs is 3. The first-order valence-electron chi connectivity index (χ1n) is 14.8. The largest absolute Gasteiger partial charge is 0.492 e. The molecule has 1 atom stereocenters. The van der Waals surface area contributed by atoms with Crippen molar-refractivity contribution in [2.75, 3.05) is 48.8 Å². The molecule has 1 N–H and O–H groups in total. The fourth-order valence-electron chi connectivity index (χ4n) is 5.53. The van der Waals surface area contributed by atoms with Gasteiger partial charge < -0.3 is 19.9 Å². The van der Waals surface area contributed by atoms with Gasteiger partial charge in [-0.15, -0.1) is 0 Å². The van der Waals surface area contributed by atoms with Crippen molar-refractivity contribution in [3.8, 4) is 5.75 Å². The molecular weight excluding hydrogens is 576 g/mol. The number of amides is 3. The van der Waals surface area contributed by atoms with Gasteiger partial charge in [0.15, 0.2) is 5.17 Å². The summed E-state index contributed by atoms with van der Waals surface area (Å²) >= 11 is 1.18. The molecule has 226 valence electrons. The summed E-state index contributed by atoms with van der Waals surface area (Å²) in [7, 11) is 0. The summed E-state index contributed by atoms with van der Waals surface area (Å²) in [4.78, 5) is 54.9. The zero-order valence-electron chi connectivity index (χ0n) is 24.5. The van der Waals surface area contributed by atoms with Gasteiger partial charge in [0.25, 0.3) is 5.91 Å². The SMILES string of the molecule is CCOc1ccccc1NC(=O)CSC1=Nc2ccccc2C2=N[C@H](CCC(=O)N3CCN(c4ccccc4)CC3)C(=O)N12. The zero-order chi connectivity index (χ0) is 30.5. The Morgan fingerprint density at radius 3 is 2.48 bits per heavy atom. The average molecular weight is 611 g/mol. The molecule has 0 unspecified atom stereocenters. The van der Waals surface area contributed by atoms with E-state index in [2.05, 4.69) is 22.3 Å². The summed E-state index contributed by atoms with van der Waals surface area (Å²) < 4.78 is 5.61. The van der Waals surface area contributed by atoms with Crippen LogP contribution in [0.1, 0.15) is 25.3 Å². The van der Waals surface area contributed by atoms with E-state index in [0.29, 0.717) is 54.2 Å². The van der Waals surface area contributed by atoms with E-state index in [1.165, 1.54) is 16.7 Å². The lowest BCUT2D eigenvalue weighted by atomic mass is 10.1. The van der Waals surface area contributed by atoms with Crippen molar-refractivity contribution in [2.45, 2.75) is 25.8 Å². The van der Waals surface area contributed by atoms with E-state index in [0.717, 1.165) is 24.3 Å². The first kappa shape index (κ1) is 29.4. The van der Waals surface area contributed by atoms with Crippen molar-refractivity contribution in [3.63, 3.8) is 0 Å². The molecular formula is C33H34N6O4S. The number of piperazine rings is 1. The minimum Gasteiger partial charge on any atom is -0.492 e. The first-order valence-corrected chi connectivity index (χ1v) is 15.8. The van der Waals surface area contributed by atoms with Crippen LogP contribution in [0.25, 0.3) is 0 Å². The quantitative estimate of drug-likeness (QED) is 0.381. The standard InChI is InChI=1S/C33H34N6O4S/c1-2-43-28-15-9-8-14-26(28)34-29(40)22-44-33-36-25-13-7-6-12-24(25)31-35-27(32(42)39(31)33)16-17-30(41)38-20-18-37(19-21-38)23-10-4-3-5-11-23/h3-15,27H,2,16-22H2,1H3,(H,34,40)/t27-/m1/s1. The van der Waals surface area contributed by atoms with E-state index in [4.69, 9.17) is 14.7 Å². The number of nitrogens with zero attached hydrogens (tertiary/aromatic N) is 5. The van der Waals surface area contributed by atoms with Crippen LogP contribution in [0.5, 0.6) is 5.75 Å². The van der Waals surface area contributed by atoms with E-state index in [-0.39, 0.29) is 29.9 Å². The van der Waals surface area contributed by atoms with Crippen molar-refractivity contribution < 1.29 is 19.1 Å². The molecule has 0 radical (unpaired) electrons. The molecule has 11 heteroatoms. The summed E-state index contributed by atoms with van der Waals surface area (Å²) in [5.41, 5.74) is 3.19. The topological polar surface area (TPSA) is 107 Å². The van der Waals surface area contributed by atoms with E-state index in [1.807, 2.05) is 66.4 Å². The van der Waals surface area contributed by atoms with E-state index < -0.39 is 6.04 Å². The first-order chi connectivity index (χ1) is 21.5. The van der Waals surface area contributed by atoms with Crippen LogP contribution in [0.15, 0.2) is 88.8 Å². The van der Waals surface area contributed by atoms with Gasteiger partial charge >= 0.3 is 0 Å². The number of rotatable bonds is 9. The van der Waals surface area contributed by atoms with Crippen LogP contribution >= 0.6 is 11.8 Å². The van der Waals surface area contributed by atoms with Crippen LogP contribution in [0.4, 0.5) is 17.1 Å². The van der Waals surface area contributed by atoms with E-state index in [9.17, 15) is 14.4 Å². The van der Waals surface area contributed by atoms with E-state index in [1.54, 1.807) is 12.1 Å². The Hall–Kier alpha value is -4.64. The highest BCUT2D eigenvalue weighted by molar-refractivity contribution is 8.14. The highest BCUT2D eigenvalue weighted by Crippen LogP contribution is 2.34. The second kappa shape index (κ2) is 13.3. The molecule has 0 aliphatic carbocycles. The number of para-hydroxylation sites is 4. The maximum Gasteiger partial charge on any atom is 0.259 e. The number of ether oxygens (including phenoxy) is 1. The number of hydrogen-bond donors (Lipinski definition) is 1. The van der Waals surface area contributed by atoms with Crippen LogP contribution in [0, 0.1) is 0 Å². The van der Waals surface area contributed by atoms with Crippen LogP contribution in [-0.4, -0.2) is 83.1 Å². The van der Waals surface area contributed by atoms with Gasteiger partial charge in [0.2, 0.25) is 11.8 Å². The molecule has 3 aromatic rings. The molecule has 3 heterocycles. The van der Waals surface area contributed by atoms with Crippen molar-refractivity contribution in [3.05, 3.63) is 84.4 Å². The van der Waals surface area contributed by atoms with Crippen LogP contribution in [0.3, 0.4) is 0 Å². The molecule has 3 amide bonds. The Morgan fingerprint density at radius 2 is 1.68 bits per heavy atom. The normalized spacial score (nSPS) is 17.4. The predicted molar refractivity (Wildman–Crippen MR) is 174 cm³/mol. The summed E-state index contributed by atoms with van der Waals surface area (Å²) in [6, 6.07) is 24.3. The Labute approximate surface area is 260 Å². The lowest BCUT2D eigenvalue weighted by molar-refractivity contribution is -0.132. The molecule has 10 nitrogen and oxygen atoms in total. The van der Waals surface area contributed by atoms with Gasteiger partial charge in [0.05, 0.1) is 23.7 Å². The number of amidine groups is 2. The van der Waals surface area contributed by atoms with Gasteiger partial charge in [-0.3, -0.25) is 19.4 Å². The third-order valence-corrected chi connectivity index (χ3v) is 8.67. The highest BCUT2D eigenvalue weighted by Gasteiger charge is 2.41. The number of carbonyl (C=O) groups excluding carboxylic acids is 3. The maximum atomic E-state index is 13.7. The molecule has 0 aromatic heterocycles. The van der Waals surface area contributed by atoms with Gasteiger partial charge in [-0.05, 0) is 49.7 Å². The minimum atomic E-state index is -0.691. The summed E-state index contributed by atoms with van der Waals surface area (Å²) in [5, 5.41) is 3.29. The number of thioether (sulfide) groups is 1. The number of aliphatic imine (C=N–C) groups is 2. The van der Waals surface area contributed by atoms with Gasteiger partial charge in [0.1, 0.15) is 17.6 Å². The van der Waals surface area contributed by atoms with Gasteiger partial charge in [0, 0.05) is 43.9 Å². The second-order valence-corrected chi connectivity index (χ2v) is 11.5. The summed E-state index contributed by atoms with van der Waals surface area (Å²) in [5.74, 6) is 0.698. The molecule has 0 bridgehead atoms. The fraction of sp³-hybridized carbons (Fsp3) is 0.303. The number of anilines is 2. The minimum absolute atomic E-state index is 0.0308. The predicted octanol–water partition coefficient (Wildman–Crippen LogP) is 4.54. The van der Waals surface area contributed by atoms with Crippen LogP contribution < -0.4 is 15.0 Å². The number of carbonyl (C=O) groups is 3. The Kier molecular flexibility index (Phi) is 8.92. The number of hydrogen-bond acceptors (Lipinski definition) is 8. The third-order valence-electron chi connectivity index (χ3n) is 7.73. The average Bonchev–Trinajstić information content (AvgIpc) is 3.40. The molecule has 1 fully saturated rings. The Balaban J connectivity index is 1.09. The molecule has 1 saturated heterocycles. The maximum absolute atomic E-state index is 13.7. The molecule has 6 rings (SSSR count). The Morgan fingerprint density at radius 1 is 0.955 bits per heavy atom. The van der Waals surface area contributed by atoms with Gasteiger partial charge in [-0.2, -0.15) is 0 Å². The van der Waals surface area contributed by atoms with Crippen molar-refractivity contribution >= 4 is 57.5 Å². The molecule has 44 heavy (non-hydrogen) atoms. The molecule has 0 spiro atoms. The molecule has 3 aliphatic heterocycles. The number of benzene rings is 3. The summed E-state index contributed by atoms with van der Waals surface area (Å²) in [6.07, 6.45) is 0.542. The Bertz CT molecular complexity index is 1600. The summed E-state index contributed by atoms with van der Waals surface area (Å²) in [6.45, 7) is 5.19. The third kappa shape index (κ3) is 6.33. The van der Waals surface area contributed by atoms with E-state index >= 15 is 0 Å². The van der Waals surface area contributed by atoms with Crippen molar-refractivity contribution in [1.82, 2.24) is 9.80 Å². The van der Waals surface area contributed by atoms with Crippen molar-refractivity contribution in [1.29, 1.82) is 0 Å². The molecule has 0 saturated carbocycles. The van der Waals surface area contributed by atoms with Gasteiger partial charge in [-0.1, -0.05) is 54.2 Å². The monoisotopic (exact) mass is 610 g/mol. The zero-order valence-corrected chi connectivity index (χ0v) is 25.3. The van der Waals surface area contributed by atoms with Crippen LogP contribution in [0.2, 0.25) is 0 Å². The molecule has 3 aromatic carbocycles. The van der Waals surface area contributed by atoms with Crippen LogP contribution in [-0.2, 0) is 14.4 Å². The lowest BCUT2D eigenvalue weighted by Crippen LogP contribution is -2.49. The molecule has 3 aliphatic rings. The fourth-order valence-corrected chi connectivity index (χ4v) is 6.33. The van der Waals surface area contributed by atoms with Crippen molar-refractivity contribution in [2.24, 2.45) is 9.98 Å². The highest BCUT2D eigenvalue weighted by atomic mass is 32.2.